The number of pyridine rings is 1. The lowest BCUT2D eigenvalue weighted by Crippen LogP contribution is -2.42. The topological polar surface area (TPSA) is 79.4 Å². The third kappa shape index (κ3) is 3.90. The van der Waals surface area contributed by atoms with E-state index in [0.717, 1.165) is 12.4 Å². The van der Waals surface area contributed by atoms with Crippen LogP contribution in [0.25, 0.3) is 0 Å². The van der Waals surface area contributed by atoms with Gasteiger partial charge in [-0.15, -0.1) is 0 Å². The number of nitrogens with zero attached hydrogens (tertiary/aromatic N) is 2. The highest BCUT2D eigenvalue weighted by atomic mass is 32.2. The molecule has 122 valence electrons. The van der Waals surface area contributed by atoms with E-state index in [9.17, 15) is 22.0 Å². The number of aromatic nitrogens is 1. The van der Waals surface area contributed by atoms with E-state index in [1.807, 2.05) is 0 Å². The lowest BCUT2D eigenvalue weighted by molar-refractivity contribution is 0.198. The average molecular weight is 333 g/mol. The third-order valence-electron chi connectivity index (χ3n) is 3.51. The molecule has 2 amide bonds. The van der Waals surface area contributed by atoms with Crippen molar-refractivity contribution in [2.24, 2.45) is 0 Å². The average Bonchev–Trinajstić information content (AvgIpc) is 2.59. The van der Waals surface area contributed by atoms with Crippen LogP contribution in [0.2, 0.25) is 0 Å². The predicted octanol–water partition coefficient (Wildman–Crippen LogP) is 1.25. The molecule has 0 aromatic carbocycles. The van der Waals surface area contributed by atoms with Crippen molar-refractivity contribution in [2.75, 3.05) is 24.6 Å². The summed E-state index contributed by atoms with van der Waals surface area (Å²) < 4.78 is 50.2. The molecule has 1 aromatic rings. The first-order valence-corrected chi connectivity index (χ1v) is 8.67. The Labute approximate surface area is 127 Å². The Kier molecular flexibility index (Phi) is 4.94. The van der Waals surface area contributed by atoms with Crippen molar-refractivity contribution in [3.8, 4) is 0 Å². The summed E-state index contributed by atoms with van der Waals surface area (Å²) in [5, 5.41) is 2.49. The molecule has 0 saturated carbocycles. The van der Waals surface area contributed by atoms with Gasteiger partial charge in [-0.05, 0) is 13.3 Å². The van der Waals surface area contributed by atoms with Gasteiger partial charge >= 0.3 is 6.03 Å². The van der Waals surface area contributed by atoms with E-state index >= 15 is 0 Å². The molecule has 1 fully saturated rings. The second-order valence-corrected chi connectivity index (χ2v) is 7.48. The van der Waals surface area contributed by atoms with Crippen molar-refractivity contribution < 1.29 is 22.0 Å². The van der Waals surface area contributed by atoms with Gasteiger partial charge in [0, 0.05) is 18.7 Å². The number of amides is 2. The largest absolute Gasteiger partial charge is 0.331 e. The summed E-state index contributed by atoms with van der Waals surface area (Å²) in [6.45, 7) is 1.81. The number of hydrogen-bond acceptors (Lipinski definition) is 4. The molecule has 1 saturated heterocycles. The van der Waals surface area contributed by atoms with Crippen LogP contribution in [0.15, 0.2) is 12.4 Å². The third-order valence-corrected chi connectivity index (χ3v) is 5.22. The molecule has 1 aliphatic heterocycles. The van der Waals surface area contributed by atoms with Crippen LogP contribution in [0.4, 0.5) is 13.6 Å². The van der Waals surface area contributed by atoms with Crippen molar-refractivity contribution in [2.45, 2.75) is 19.4 Å². The fourth-order valence-corrected chi connectivity index (χ4v) is 3.60. The normalized spacial score (nSPS) is 19.3. The van der Waals surface area contributed by atoms with Crippen LogP contribution in [0.3, 0.4) is 0 Å². The highest BCUT2D eigenvalue weighted by molar-refractivity contribution is 7.91. The molecule has 2 heterocycles. The van der Waals surface area contributed by atoms with Gasteiger partial charge in [-0.1, -0.05) is 0 Å². The minimum absolute atomic E-state index is 0.0416. The van der Waals surface area contributed by atoms with Gasteiger partial charge < -0.3 is 10.2 Å². The maximum Gasteiger partial charge on any atom is 0.317 e. The number of rotatable bonds is 2. The molecular weight excluding hydrogens is 316 g/mol. The summed E-state index contributed by atoms with van der Waals surface area (Å²) >= 11 is 0. The first-order valence-electron chi connectivity index (χ1n) is 6.85. The minimum atomic E-state index is -3.13. The van der Waals surface area contributed by atoms with E-state index in [-0.39, 0.29) is 23.6 Å². The van der Waals surface area contributed by atoms with Crippen LogP contribution in [0, 0.1) is 11.6 Å². The van der Waals surface area contributed by atoms with Crippen molar-refractivity contribution >= 4 is 15.9 Å². The Morgan fingerprint density at radius 3 is 2.55 bits per heavy atom. The maximum absolute atomic E-state index is 13.6. The van der Waals surface area contributed by atoms with Crippen molar-refractivity contribution in [1.82, 2.24) is 15.2 Å². The molecule has 0 radical (unpaired) electrons. The Morgan fingerprint density at radius 2 is 1.91 bits per heavy atom. The number of carbonyl (C=O) groups is 1. The fourth-order valence-electron chi connectivity index (χ4n) is 2.33. The quantitative estimate of drug-likeness (QED) is 0.883. The molecule has 1 atom stereocenters. The molecule has 2 rings (SSSR count). The van der Waals surface area contributed by atoms with Gasteiger partial charge in [0.25, 0.3) is 0 Å². The van der Waals surface area contributed by atoms with Gasteiger partial charge in [-0.2, -0.15) is 0 Å². The number of sulfone groups is 1. The summed E-state index contributed by atoms with van der Waals surface area (Å²) in [6, 6.07) is -1.43. The molecule has 22 heavy (non-hydrogen) atoms. The summed E-state index contributed by atoms with van der Waals surface area (Å²) in [5.74, 6) is -1.75. The van der Waals surface area contributed by atoms with Gasteiger partial charge in [-0.25, -0.2) is 22.0 Å². The van der Waals surface area contributed by atoms with Crippen LogP contribution in [0.1, 0.15) is 24.9 Å². The summed E-state index contributed by atoms with van der Waals surface area (Å²) in [6.07, 6.45) is 2.10. The van der Waals surface area contributed by atoms with E-state index in [1.54, 1.807) is 0 Å². The highest BCUT2D eigenvalue weighted by Gasteiger charge is 2.25. The molecular formula is C13H17F2N3O3S. The second kappa shape index (κ2) is 6.55. The molecule has 1 aromatic heterocycles. The second-order valence-electron chi connectivity index (χ2n) is 5.18. The SMILES string of the molecule is CC(NC(=O)N1CCCS(=O)(=O)CC1)c1c(F)cncc1F. The molecule has 1 unspecified atom stereocenters. The summed E-state index contributed by atoms with van der Waals surface area (Å²) in [5.41, 5.74) is -0.272. The Balaban J connectivity index is 2.05. The van der Waals surface area contributed by atoms with Gasteiger partial charge in [0.1, 0.15) is 11.6 Å². The standard InChI is InChI=1S/C13H17F2N3O3S/c1-9(12-10(14)7-16-8-11(12)15)17-13(19)18-3-2-5-22(20,21)6-4-18/h7-9H,2-6H2,1H3,(H,17,19). The van der Waals surface area contributed by atoms with Crippen LogP contribution < -0.4 is 5.32 Å². The molecule has 1 N–H and O–H groups in total. The fraction of sp³-hybridized carbons (Fsp3) is 0.538. The maximum atomic E-state index is 13.6. The van der Waals surface area contributed by atoms with E-state index in [2.05, 4.69) is 10.3 Å². The van der Waals surface area contributed by atoms with Gasteiger partial charge in [0.2, 0.25) is 0 Å². The lowest BCUT2D eigenvalue weighted by Gasteiger charge is -2.23. The molecule has 0 bridgehead atoms. The molecule has 6 nitrogen and oxygen atoms in total. The zero-order chi connectivity index (χ0) is 16.3. The minimum Gasteiger partial charge on any atom is -0.331 e. The Morgan fingerprint density at radius 1 is 1.27 bits per heavy atom. The van der Waals surface area contributed by atoms with Crippen LogP contribution in [-0.4, -0.2) is 48.9 Å². The first-order chi connectivity index (χ1) is 10.3. The Hall–Kier alpha value is -1.77. The van der Waals surface area contributed by atoms with Crippen LogP contribution in [-0.2, 0) is 9.84 Å². The predicted molar refractivity (Wildman–Crippen MR) is 75.9 cm³/mol. The van der Waals surface area contributed by atoms with E-state index in [4.69, 9.17) is 0 Å². The monoisotopic (exact) mass is 333 g/mol. The first kappa shape index (κ1) is 16.6. The molecule has 0 aliphatic carbocycles. The van der Waals surface area contributed by atoms with Gasteiger partial charge in [0.05, 0.1) is 29.9 Å². The Bertz CT molecular complexity index is 646. The highest BCUT2D eigenvalue weighted by Crippen LogP contribution is 2.19. The number of nitrogens with one attached hydrogen (secondary N) is 1. The van der Waals surface area contributed by atoms with Crippen molar-refractivity contribution in [3.63, 3.8) is 0 Å². The van der Waals surface area contributed by atoms with E-state index < -0.39 is 33.5 Å². The van der Waals surface area contributed by atoms with Crippen molar-refractivity contribution in [3.05, 3.63) is 29.6 Å². The molecule has 9 heteroatoms. The number of halogens is 2. The number of hydrogen-bond donors (Lipinski definition) is 1. The van der Waals surface area contributed by atoms with Crippen LogP contribution in [0.5, 0.6) is 0 Å². The zero-order valence-electron chi connectivity index (χ0n) is 12.1. The van der Waals surface area contributed by atoms with E-state index in [1.165, 1.54) is 11.8 Å². The lowest BCUT2D eigenvalue weighted by atomic mass is 10.1. The number of urea groups is 1. The number of carbonyl (C=O) groups excluding carboxylic acids is 1. The van der Waals surface area contributed by atoms with Gasteiger partial charge in [-0.3, -0.25) is 4.98 Å². The van der Waals surface area contributed by atoms with Crippen LogP contribution >= 0.6 is 0 Å². The van der Waals surface area contributed by atoms with Gasteiger partial charge in [0.15, 0.2) is 9.84 Å². The van der Waals surface area contributed by atoms with E-state index in [0.29, 0.717) is 13.0 Å². The molecule has 1 aliphatic rings. The summed E-state index contributed by atoms with van der Waals surface area (Å²) in [4.78, 5) is 16.9. The molecule has 0 spiro atoms. The smallest absolute Gasteiger partial charge is 0.317 e. The summed E-state index contributed by atoms with van der Waals surface area (Å²) in [7, 11) is -3.13. The van der Waals surface area contributed by atoms with Crippen molar-refractivity contribution in [1.29, 1.82) is 0 Å². The zero-order valence-corrected chi connectivity index (χ0v) is 12.9.